The van der Waals surface area contributed by atoms with Gasteiger partial charge in [0.1, 0.15) is 17.0 Å². The number of carbonyl (C=O) groups is 2. The van der Waals surface area contributed by atoms with E-state index in [1.807, 2.05) is 36.4 Å². The SMILES string of the molecule is N[C@@H](C(=O)N[C@H]1CC[C@H](Nc2cc(NC3CC3)c3ncc(C(=O)Nc4ccnc(Cl)c4)n3n2)CC1)c1ccccc1. The van der Waals surface area contributed by atoms with Crippen molar-refractivity contribution < 1.29 is 9.59 Å². The number of amides is 2. The van der Waals surface area contributed by atoms with Gasteiger partial charge in [-0.3, -0.25) is 9.59 Å². The molecule has 1 aromatic carbocycles. The molecule has 3 heterocycles. The molecule has 41 heavy (non-hydrogen) atoms. The van der Waals surface area contributed by atoms with Gasteiger partial charge in [0.05, 0.1) is 11.9 Å². The number of nitrogens with one attached hydrogen (secondary N) is 4. The van der Waals surface area contributed by atoms with Crippen molar-refractivity contribution in [3.8, 4) is 0 Å². The van der Waals surface area contributed by atoms with E-state index < -0.39 is 6.04 Å². The number of pyridine rings is 1. The van der Waals surface area contributed by atoms with Gasteiger partial charge in [-0.2, -0.15) is 0 Å². The Morgan fingerprint density at radius 2 is 1.63 bits per heavy atom. The molecular formula is C29H32ClN9O2. The van der Waals surface area contributed by atoms with Crippen LogP contribution in [0.15, 0.2) is 60.9 Å². The molecule has 0 radical (unpaired) electrons. The highest BCUT2D eigenvalue weighted by Crippen LogP contribution is 2.30. The largest absolute Gasteiger partial charge is 0.379 e. The maximum atomic E-state index is 13.2. The molecule has 11 nitrogen and oxygen atoms in total. The summed E-state index contributed by atoms with van der Waals surface area (Å²) < 4.78 is 1.57. The molecule has 0 saturated heterocycles. The van der Waals surface area contributed by atoms with Crippen LogP contribution in [0.1, 0.15) is 60.6 Å². The van der Waals surface area contributed by atoms with E-state index in [2.05, 4.69) is 31.2 Å². The Morgan fingerprint density at radius 3 is 2.37 bits per heavy atom. The van der Waals surface area contributed by atoms with Gasteiger partial charge in [-0.15, -0.1) is 5.10 Å². The quantitative estimate of drug-likeness (QED) is 0.187. The summed E-state index contributed by atoms with van der Waals surface area (Å²) in [5, 5.41) is 18.1. The van der Waals surface area contributed by atoms with Crippen LogP contribution < -0.4 is 27.0 Å². The lowest BCUT2D eigenvalue weighted by atomic mass is 9.90. The first-order chi connectivity index (χ1) is 19.9. The fourth-order valence-electron chi connectivity index (χ4n) is 5.12. The molecule has 2 aliphatic rings. The molecule has 0 unspecified atom stereocenters. The minimum Gasteiger partial charge on any atom is -0.379 e. The molecule has 1 atom stereocenters. The van der Waals surface area contributed by atoms with Crippen LogP contribution in [0, 0.1) is 0 Å². The lowest BCUT2D eigenvalue weighted by Crippen LogP contribution is -2.44. The van der Waals surface area contributed by atoms with Crippen LogP contribution in [0.5, 0.6) is 0 Å². The van der Waals surface area contributed by atoms with Crippen LogP contribution in [-0.2, 0) is 4.79 Å². The molecule has 6 N–H and O–H groups in total. The Labute approximate surface area is 242 Å². The third kappa shape index (κ3) is 6.41. The second-order valence-electron chi connectivity index (χ2n) is 10.7. The summed E-state index contributed by atoms with van der Waals surface area (Å²) >= 11 is 5.97. The van der Waals surface area contributed by atoms with E-state index in [1.54, 1.807) is 16.6 Å². The Morgan fingerprint density at radius 1 is 0.927 bits per heavy atom. The molecule has 0 spiro atoms. The van der Waals surface area contributed by atoms with Gasteiger partial charge in [0.2, 0.25) is 5.91 Å². The molecule has 0 bridgehead atoms. The summed E-state index contributed by atoms with van der Waals surface area (Å²) in [6.07, 6.45) is 8.61. The Balaban J connectivity index is 1.13. The Bertz CT molecular complexity index is 1550. The third-order valence-corrected chi connectivity index (χ3v) is 7.70. The number of hydrogen-bond donors (Lipinski definition) is 5. The summed E-state index contributed by atoms with van der Waals surface area (Å²) in [4.78, 5) is 34.3. The van der Waals surface area contributed by atoms with Crippen LogP contribution in [0.2, 0.25) is 5.15 Å². The normalized spacial score (nSPS) is 19.4. The van der Waals surface area contributed by atoms with Crippen LogP contribution in [0.4, 0.5) is 17.2 Å². The van der Waals surface area contributed by atoms with Crippen molar-refractivity contribution in [3.05, 3.63) is 77.3 Å². The van der Waals surface area contributed by atoms with Crippen molar-refractivity contribution >= 4 is 46.3 Å². The van der Waals surface area contributed by atoms with E-state index in [4.69, 9.17) is 22.4 Å². The smallest absolute Gasteiger partial charge is 0.276 e. The second-order valence-corrected chi connectivity index (χ2v) is 11.0. The molecule has 4 aromatic rings. The summed E-state index contributed by atoms with van der Waals surface area (Å²) in [7, 11) is 0. The number of halogens is 1. The van der Waals surface area contributed by atoms with Gasteiger partial charge in [-0.05, 0) is 56.2 Å². The average Bonchev–Trinajstić information content (AvgIpc) is 3.69. The van der Waals surface area contributed by atoms with Crippen LogP contribution in [0.25, 0.3) is 5.65 Å². The molecule has 3 aromatic heterocycles. The first kappa shape index (κ1) is 27.0. The van der Waals surface area contributed by atoms with Crippen LogP contribution in [0.3, 0.4) is 0 Å². The number of nitrogens with zero attached hydrogens (tertiary/aromatic N) is 4. The highest BCUT2D eigenvalue weighted by Gasteiger charge is 2.27. The van der Waals surface area contributed by atoms with Gasteiger partial charge in [0.15, 0.2) is 11.3 Å². The molecule has 2 saturated carbocycles. The van der Waals surface area contributed by atoms with Gasteiger partial charge >= 0.3 is 0 Å². The Hall–Kier alpha value is -4.22. The van der Waals surface area contributed by atoms with Crippen LogP contribution >= 0.6 is 11.6 Å². The minimum absolute atomic E-state index is 0.0727. The van der Waals surface area contributed by atoms with E-state index in [-0.39, 0.29) is 29.1 Å². The molecule has 6 rings (SSSR count). The average molecular weight is 574 g/mol. The zero-order valence-corrected chi connectivity index (χ0v) is 23.1. The first-order valence-electron chi connectivity index (χ1n) is 13.9. The standard InChI is InChI=1S/C29H32ClN9O2/c30-24-14-21(12-13-32-24)37-28(40)23-16-33-27-22(34-18-6-7-18)15-25(38-39(23)27)35-19-8-10-20(11-9-19)36-29(41)26(31)17-4-2-1-3-5-17/h1-5,12-16,18-20,26,34H,6-11,31H2,(H,35,38)(H,36,41)(H,32,37,40)/t19-,20-,26-/m1/s1. The van der Waals surface area contributed by atoms with Gasteiger partial charge in [0.25, 0.3) is 5.91 Å². The van der Waals surface area contributed by atoms with Gasteiger partial charge in [-0.25, -0.2) is 14.5 Å². The highest BCUT2D eigenvalue weighted by atomic mass is 35.5. The van der Waals surface area contributed by atoms with E-state index in [9.17, 15) is 9.59 Å². The zero-order valence-electron chi connectivity index (χ0n) is 22.4. The topological polar surface area (TPSA) is 151 Å². The fraction of sp³-hybridized carbons (Fsp3) is 0.345. The van der Waals surface area contributed by atoms with Crippen molar-refractivity contribution in [2.24, 2.45) is 5.73 Å². The summed E-state index contributed by atoms with van der Waals surface area (Å²) in [5.74, 6) is 0.139. The van der Waals surface area contributed by atoms with Gasteiger partial charge in [-0.1, -0.05) is 41.9 Å². The van der Waals surface area contributed by atoms with Crippen LogP contribution in [-0.4, -0.2) is 49.5 Å². The van der Waals surface area contributed by atoms with Crippen molar-refractivity contribution in [2.75, 3.05) is 16.0 Å². The number of aromatic nitrogens is 4. The van der Waals surface area contributed by atoms with E-state index in [0.29, 0.717) is 28.9 Å². The molecule has 0 aliphatic heterocycles. The predicted octanol–water partition coefficient (Wildman–Crippen LogP) is 4.14. The number of nitrogens with two attached hydrogens (primary N) is 1. The Kier molecular flexibility index (Phi) is 7.71. The number of fused-ring (bicyclic) bond motifs is 1. The van der Waals surface area contributed by atoms with E-state index >= 15 is 0 Å². The minimum atomic E-state index is -0.683. The first-order valence-corrected chi connectivity index (χ1v) is 14.3. The van der Waals surface area contributed by atoms with Gasteiger partial charge < -0.3 is 27.0 Å². The molecule has 212 valence electrons. The number of carbonyl (C=O) groups excluding carboxylic acids is 2. The van der Waals surface area contributed by atoms with Crippen molar-refractivity contribution in [1.82, 2.24) is 24.9 Å². The monoisotopic (exact) mass is 573 g/mol. The van der Waals surface area contributed by atoms with Crippen molar-refractivity contribution in [3.63, 3.8) is 0 Å². The number of rotatable bonds is 9. The zero-order chi connectivity index (χ0) is 28.3. The van der Waals surface area contributed by atoms with Crippen molar-refractivity contribution in [1.29, 1.82) is 0 Å². The van der Waals surface area contributed by atoms with E-state index in [0.717, 1.165) is 49.8 Å². The number of anilines is 3. The molecular weight excluding hydrogens is 542 g/mol. The number of hydrogen-bond acceptors (Lipinski definition) is 8. The lowest BCUT2D eigenvalue weighted by molar-refractivity contribution is -0.123. The highest BCUT2D eigenvalue weighted by molar-refractivity contribution is 6.29. The predicted molar refractivity (Wildman–Crippen MR) is 158 cm³/mol. The number of benzene rings is 1. The third-order valence-electron chi connectivity index (χ3n) is 7.49. The second kappa shape index (κ2) is 11.7. The molecule has 2 aliphatic carbocycles. The molecule has 2 amide bonds. The summed E-state index contributed by atoms with van der Waals surface area (Å²) in [6.45, 7) is 0. The fourth-order valence-corrected chi connectivity index (χ4v) is 5.29. The van der Waals surface area contributed by atoms with Gasteiger partial charge in [0, 0.05) is 36.1 Å². The summed E-state index contributed by atoms with van der Waals surface area (Å²) in [5.41, 5.74) is 9.22. The number of imidazole rings is 1. The maximum absolute atomic E-state index is 13.2. The van der Waals surface area contributed by atoms with Crippen molar-refractivity contribution in [2.45, 2.75) is 62.7 Å². The molecule has 2 fully saturated rings. The molecule has 12 heteroatoms. The summed E-state index contributed by atoms with van der Waals surface area (Å²) in [6, 6.07) is 14.6. The van der Waals surface area contributed by atoms with E-state index in [1.165, 1.54) is 12.4 Å². The maximum Gasteiger partial charge on any atom is 0.276 e. The lowest BCUT2D eigenvalue weighted by Gasteiger charge is -2.30.